The monoisotopic (exact) mass is 456 g/mol. The minimum Gasteiger partial charge on any atom is -0.444 e. The molecule has 1 aromatic carbocycles. The zero-order valence-electron chi connectivity index (χ0n) is 19.2. The summed E-state index contributed by atoms with van der Waals surface area (Å²) >= 11 is 0. The van der Waals surface area contributed by atoms with Crippen LogP contribution >= 0.6 is 0 Å². The fraction of sp³-hybridized carbons (Fsp3) is 0.409. The minimum absolute atomic E-state index is 0.330. The van der Waals surface area contributed by atoms with Crippen LogP contribution < -0.4 is 16.0 Å². The van der Waals surface area contributed by atoms with E-state index < -0.39 is 11.7 Å². The summed E-state index contributed by atoms with van der Waals surface area (Å²) in [7, 11) is 0. The van der Waals surface area contributed by atoms with Gasteiger partial charge in [0.05, 0.1) is 18.3 Å². The number of alkyl carbamates (subject to hydrolysis) is 1. The number of amides is 1. The van der Waals surface area contributed by atoms with Gasteiger partial charge in [-0.2, -0.15) is 4.98 Å². The van der Waals surface area contributed by atoms with E-state index in [0.717, 1.165) is 6.42 Å². The van der Waals surface area contributed by atoms with Crippen LogP contribution in [0.4, 0.5) is 26.6 Å². The number of nitrogens with zero attached hydrogens (tertiary/aromatic N) is 5. The molecule has 2 heterocycles. The number of aromatic nitrogens is 5. The Labute approximate surface area is 192 Å². The van der Waals surface area contributed by atoms with Crippen LogP contribution in [-0.2, 0) is 11.3 Å². The standard InChI is InChI=1S/C22H29FN8O2/c1-5-9-24-19-17(13-26-20(28-19)27-16-8-6-7-15(23)12-16)18-14-31(30-29-18)11-10-25-21(32)33-22(2,3)4/h6-8,12-14H,5,9-11H2,1-4H3,(H,25,32)(H2,24,26,27,28). The van der Waals surface area contributed by atoms with Crippen molar-refractivity contribution in [1.82, 2.24) is 30.3 Å². The van der Waals surface area contributed by atoms with Crippen LogP contribution in [0.5, 0.6) is 0 Å². The van der Waals surface area contributed by atoms with Gasteiger partial charge in [-0.1, -0.05) is 18.2 Å². The normalized spacial score (nSPS) is 11.2. The van der Waals surface area contributed by atoms with Crippen molar-refractivity contribution < 1.29 is 13.9 Å². The molecule has 0 radical (unpaired) electrons. The molecule has 3 N–H and O–H groups in total. The van der Waals surface area contributed by atoms with Gasteiger partial charge in [0.25, 0.3) is 0 Å². The molecule has 3 rings (SSSR count). The van der Waals surface area contributed by atoms with Crippen molar-refractivity contribution in [3.05, 3.63) is 42.5 Å². The lowest BCUT2D eigenvalue weighted by molar-refractivity contribution is 0.0525. The second kappa shape index (κ2) is 10.7. The highest BCUT2D eigenvalue weighted by Gasteiger charge is 2.16. The fourth-order valence-electron chi connectivity index (χ4n) is 2.82. The van der Waals surface area contributed by atoms with Crippen LogP contribution in [0.1, 0.15) is 34.1 Å². The number of nitrogens with one attached hydrogen (secondary N) is 3. The van der Waals surface area contributed by atoms with Crippen molar-refractivity contribution >= 4 is 23.5 Å². The molecular formula is C22H29FN8O2. The molecular weight excluding hydrogens is 427 g/mol. The fourth-order valence-corrected chi connectivity index (χ4v) is 2.82. The Balaban J connectivity index is 1.70. The summed E-state index contributed by atoms with van der Waals surface area (Å²) in [6, 6.07) is 6.08. The van der Waals surface area contributed by atoms with E-state index in [1.54, 1.807) is 50.0 Å². The second-order valence-corrected chi connectivity index (χ2v) is 8.31. The predicted molar refractivity (Wildman–Crippen MR) is 124 cm³/mol. The van der Waals surface area contributed by atoms with Crippen molar-refractivity contribution in [1.29, 1.82) is 0 Å². The molecule has 0 aliphatic heterocycles. The first-order chi connectivity index (χ1) is 15.7. The Morgan fingerprint density at radius 3 is 2.79 bits per heavy atom. The minimum atomic E-state index is -0.553. The Morgan fingerprint density at radius 1 is 1.24 bits per heavy atom. The van der Waals surface area contributed by atoms with Crippen LogP contribution in [0.25, 0.3) is 11.3 Å². The van der Waals surface area contributed by atoms with E-state index in [4.69, 9.17) is 4.74 Å². The number of ether oxygens (including phenoxy) is 1. The Hall–Kier alpha value is -3.76. The summed E-state index contributed by atoms with van der Waals surface area (Å²) in [5.41, 5.74) is 1.26. The van der Waals surface area contributed by atoms with Crippen molar-refractivity contribution in [2.24, 2.45) is 0 Å². The number of hydrogen-bond acceptors (Lipinski definition) is 8. The molecule has 11 heteroatoms. The van der Waals surface area contributed by atoms with Gasteiger partial charge in [0, 0.05) is 25.0 Å². The molecule has 2 aromatic heterocycles. The zero-order valence-corrected chi connectivity index (χ0v) is 19.2. The van der Waals surface area contributed by atoms with E-state index in [-0.39, 0.29) is 5.82 Å². The Morgan fingerprint density at radius 2 is 2.06 bits per heavy atom. The summed E-state index contributed by atoms with van der Waals surface area (Å²) in [5, 5.41) is 17.3. The average molecular weight is 457 g/mol. The first kappa shape index (κ1) is 23.9. The van der Waals surface area contributed by atoms with Crippen molar-refractivity contribution in [2.75, 3.05) is 23.7 Å². The van der Waals surface area contributed by atoms with Crippen LogP contribution in [0.15, 0.2) is 36.7 Å². The largest absolute Gasteiger partial charge is 0.444 e. The van der Waals surface area contributed by atoms with Crippen LogP contribution in [0.3, 0.4) is 0 Å². The Kier molecular flexibility index (Phi) is 7.75. The van der Waals surface area contributed by atoms with Gasteiger partial charge in [-0.25, -0.2) is 14.2 Å². The first-order valence-corrected chi connectivity index (χ1v) is 10.7. The third kappa shape index (κ3) is 7.41. The second-order valence-electron chi connectivity index (χ2n) is 8.31. The third-order valence-corrected chi connectivity index (χ3v) is 4.24. The van der Waals surface area contributed by atoms with Gasteiger partial charge in [-0.15, -0.1) is 5.10 Å². The summed E-state index contributed by atoms with van der Waals surface area (Å²) in [5.74, 6) is 0.570. The van der Waals surface area contributed by atoms with Crippen LogP contribution in [-0.4, -0.2) is 49.7 Å². The molecule has 33 heavy (non-hydrogen) atoms. The molecule has 0 unspecified atom stereocenters. The molecule has 0 atom stereocenters. The molecule has 3 aromatic rings. The zero-order chi connectivity index (χ0) is 23.8. The highest BCUT2D eigenvalue weighted by atomic mass is 19.1. The molecule has 176 valence electrons. The van der Waals surface area contributed by atoms with Crippen molar-refractivity contribution in [3.63, 3.8) is 0 Å². The highest BCUT2D eigenvalue weighted by Crippen LogP contribution is 2.26. The van der Waals surface area contributed by atoms with Gasteiger partial charge < -0.3 is 20.7 Å². The topological polar surface area (TPSA) is 119 Å². The number of benzene rings is 1. The SMILES string of the molecule is CCCNc1nc(Nc2cccc(F)c2)ncc1-c1cn(CCNC(=O)OC(C)(C)C)nn1. The molecule has 0 fully saturated rings. The number of rotatable bonds is 9. The third-order valence-electron chi connectivity index (χ3n) is 4.24. The van der Waals surface area contributed by atoms with E-state index in [2.05, 4.69) is 36.2 Å². The number of carbonyl (C=O) groups excluding carboxylic acids is 1. The lowest BCUT2D eigenvalue weighted by atomic mass is 10.2. The highest BCUT2D eigenvalue weighted by molar-refractivity contribution is 5.72. The van der Waals surface area contributed by atoms with Crippen LogP contribution in [0, 0.1) is 5.82 Å². The van der Waals surface area contributed by atoms with Gasteiger partial charge in [0.15, 0.2) is 0 Å². The van der Waals surface area contributed by atoms with E-state index >= 15 is 0 Å². The molecule has 0 spiro atoms. The molecule has 1 amide bonds. The quantitative estimate of drug-likeness (QED) is 0.443. The molecule has 10 nitrogen and oxygen atoms in total. The van der Waals surface area contributed by atoms with Crippen molar-refractivity contribution in [3.8, 4) is 11.3 Å². The van der Waals surface area contributed by atoms with E-state index in [1.165, 1.54) is 12.1 Å². The smallest absolute Gasteiger partial charge is 0.407 e. The molecule has 0 saturated carbocycles. The molecule has 0 saturated heterocycles. The summed E-state index contributed by atoms with van der Waals surface area (Å²) in [6.45, 7) is 8.94. The number of anilines is 3. The average Bonchev–Trinajstić information content (AvgIpc) is 3.19. The number of hydrogen-bond donors (Lipinski definition) is 3. The van der Waals surface area contributed by atoms with E-state index in [0.29, 0.717) is 48.3 Å². The maximum atomic E-state index is 13.5. The lowest BCUT2D eigenvalue weighted by Gasteiger charge is -2.19. The van der Waals surface area contributed by atoms with Gasteiger partial charge in [0.2, 0.25) is 5.95 Å². The predicted octanol–water partition coefficient (Wildman–Crippen LogP) is 3.96. The summed E-state index contributed by atoms with van der Waals surface area (Å²) < 4.78 is 20.3. The van der Waals surface area contributed by atoms with Gasteiger partial charge >= 0.3 is 6.09 Å². The molecule has 0 aliphatic carbocycles. The Bertz CT molecular complexity index is 1080. The van der Waals surface area contributed by atoms with Gasteiger partial charge in [-0.3, -0.25) is 4.68 Å². The first-order valence-electron chi connectivity index (χ1n) is 10.7. The van der Waals surface area contributed by atoms with Gasteiger partial charge in [0.1, 0.15) is 22.9 Å². The van der Waals surface area contributed by atoms with Gasteiger partial charge in [-0.05, 0) is 45.4 Å². The number of carbonyl (C=O) groups is 1. The lowest BCUT2D eigenvalue weighted by Crippen LogP contribution is -2.34. The van der Waals surface area contributed by atoms with Crippen molar-refractivity contribution in [2.45, 2.75) is 46.3 Å². The molecule has 0 bridgehead atoms. The summed E-state index contributed by atoms with van der Waals surface area (Å²) in [6.07, 6.45) is 3.81. The number of halogens is 1. The maximum absolute atomic E-state index is 13.5. The van der Waals surface area contributed by atoms with E-state index in [9.17, 15) is 9.18 Å². The van der Waals surface area contributed by atoms with Crippen LogP contribution in [0.2, 0.25) is 0 Å². The summed E-state index contributed by atoms with van der Waals surface area (Å²) in [4.78, 5) is 20.6. The molecule has 0 aliphatic rings. The maximum Gasteiger partial charge on any atom is 0.407 e. The van der Waals surface area contributed by atoms with E-state index in [1.807, 2.05) is 6.92 Å².